The van der Waals surface area contributed by atoms with Crippen LogP contribution in [0.25, 0.3) is 0 Å². The van der Waals surface area contributed by atoms with E-state index >= 15 is 0 Å². The topological polar surface area (TPSA) is 81.0 Å². The van der Waals surface area contributed by atoms with Crippen molar-refractivity contribution in [1.29, 1.82) is 0 Å². The summed E-state index contributed by atoms with van der Waals surface area (Å²) in [6.45, 7) is 0.859. The Bertz CT molecular complexity index is 348. The van der Waals surface area contributed by atoms with Crippen molar-refractivity contribution in [2.24, 2.45) is 5.92 Å². The van der Waals surface area contributed by atoms with Crippen LogP contribution in [0.1, 0.15) is 19.3 Å². The lowest BCUT2D eigenvalue weighted by molar-refractivity contribution is -0.385. The van der Waals surface area contributed by atoms with Gasteiger partial charge in [-0.25, -0.2) is 9.97 Å². The minimum Gasteiger partial charge on any atom is -0.354 e. The molecule has 6 heteroatoms. The molecule has 0 aromatic carbocycles. The van der Waals surface area contributed by atoms with Crippen molar-refractivity contribution in [1.82, 2.24) is 9.97 Å². The molecule has 6 nitrogen and oxygen atoms in total. The molecule has 15 heavy (non-hydrogen) atoms. The largest absolute Gasteiger partial charge is 0.354 e. The zero-order valence-corrected chi connectivity index (χ0v) is 8.22. The maximum absolute atomic E-state index is 10.3. The van der Waals surface area contributed by atoms with E-state index in [9.17, 15) is 10.1 Å². The van der Waals surface area contributed by atoms with Crippen LogP contribution in [0, 0.1) is 16.0 Å². The second kappa shape index (κ2) is 4.20. The second-order valence-electron chi connectivity index (χ2n) is 3.70. The van der Waals surface area contributed by atoms with E-state index in [1.807, 2.05) is 0 Å². The van der Waals surface area contributed by atoms with Crippen molar-refractivity contribution in [2.45, 2.75) is 19.3 Å². The maximum atomic E-state index is 10.3. The number of anilines is 1. The van der Waals surface area contributed by atoms with Gasteiger partial charge in [-0.3, -0.25) is 10.1 Å². The highest BCUT2D eigenvalue weighted by Crippen LogP contribution is 2.26. The molecule has 0 radical (unpaired) electrons. The van der Waals surface area contributed by atoms with Gasteiger partial charge in [-0.1, -0.05) is 6.42 Å². The third-order valence-electron chi connectivity index (χ3n) is 2.62. The second-order valence-corrected chi connectivity index (χ2v) is 3.70. The quantitative estimate of drug-likeness (QED) is 0.600. The summed E-state index contributed by atoms with van der Waals surface area (Å²) in [5.74, 6) is 1.18. The molecule has 1 aromatic rings. The van der Waals surface area contributed by atoms with E-state index in [-0.39, 0.29) is 5.69 Å². The Morgan fingerprint density at radius 3 is 2.60 bits per heavy atom. The number of hydrogen-bond acceptors (Lipinski definition) is 5. The predicted octanol–water partition coefficient (Wildman–Crippen LogP) is 1.60. The number of rotatable bonds is 4. The first kappa shape index (κ1) is 9.82. The fraction of sp³-hybridized carbons (Fsp3) is 0.556. The molecule has 1 heterocycles. The number of nitrogens with zero attached hydrogens (tertiary/aromatic N) is 3. The molecule has 0 spiro atoms. The Kier molecular flexibility index (Phi) is 2.75. The molecule has 0 aliphatic heterocycles. The van der Waals surface area contributed by atoms with Crippen molar-refractivity contribution in [3.63, 3.8) is 0 Å². The van der Waals surface area contributed by atoms with Gasteiger partial charge in [0.05, 0.1) is 4.92 Å². The Hall–Kier alpha value is -1.72. The van der Waals surface area contributed by atoms with Gasteiger partial charge in [0.15, 0.2) is 0 Å². The van der Waals surface area contributed by atoms with Crippen LogP contribution in [0.15, 0.2) is 12.4 Å². The molecule has 1 saturated carbocycles. The van der Waals surface area contributed by atoms with E-state index in [2.05, 4.69) is 15.3 Å². The van der Waals surface area contributed by atoms with Gasteiger partial charge in [0.25, 0.3) is 0 Å². The lowest BCUT2D eigenvalue weighted by Crippen LogP contribution is -2.21. The summed E-state index contributed by atoms with van der Waals surface area (Å²) in [4.78, 5) is 17.6. The van der Waals surface area contributed by atoms with Gasteiger partial charge in [-0.2, -0.15) is 0 Å². The zero-order chi connectivity index (χ0) is 10.7. The van der Waals surface area contributed by atoms with Gasteiger partial charge in [-0.05, 0) is 18.8 Å². The number of nitrogens with one attached hydrogen (secondary N) is 1. The molecule has 1 aliphatic carbocycles. The van der Waals surface area contributed by atoms with Gasteiger partial charge < -0.3 is 5.32 Å². The third kappa shape index (κ3) is 2.39. The van der Waals surface area contributed by atoms with E-state index in [1.165, 1.54) is 31.7 Å². The van der Waals surface area contributed by atoms with E-state index in [0.717, 1.165) is 6.54 Å². The summed E-state index contributed by atoms with van der Waals surface area (Å²) in [7, 11) is 0. The molecular weight excluding hydrogens is 196 g/mol. The molecule has 0 unspecified atom stereocenters. The molecule has 0 atom stereocenters. The Morgan fingerprint density at radius 2 is 2.13 bits per heavy atom. The normalized spacial score (nSPS) is 15.7. The predicted molar refractivity (Wildman–Crippen MR) is 54.5 cm³/mol. The van der Waals surface area contributed by atoms with Crippen LogP contribution in [0.3, 0.4) is 0 Å². The van der Waals surface area contributed by atoms with E-state index in [1.54, 1.807) is 0 Å². The Balaban J connectivity index is 1.88. The molecular formula is C9H12N4O2. The molecule has 2 rings (SSSR count). The monoisotopic (exact) mass is 208 g/mol. The standard InChI is InChI=1S/C9H12N4O2/c14-13(15)8-5-11-9(12-6-8)10-4-7-2-1-3-7/h5-7H,1-4H2,(H,10,11,12). The molecule has 0 amide bonds. The minimum atomic E-state index is -0.504. The van der Waals surface area contributed by atoms with Gasteiger partial charge in [0.1, 0.15) is 12.4 Å². The van der Waals surface area contributed by atoms with Gasteiger partial charge in [-0.15, -0.1) is 0 Å². The summed E-state index contributed by atoms with van der Waals surface area (Å²) in [6.07, 6.45) is 6.24. The lowest BCUT2D eigenvalue weighted by atomic mass is 9.85. The molecule has 1 N–H and O–H groups in total. The fourth-order valence-electron chi connectivity index (χ4n) is 1.44. The van der Waals surface area contributed by atoms with Gasteiger partial charge >= 0.3 is 5.69 Å². The molecule has 1 aromatic heterocycles. The van der Waals surface area contributed by atoms with Crippen LogP contribution >= 0.6 is 0 Å². The summed E-state index contributed by atoms with van der Waals surface area (Å²) < 4.78 is 0. The number of aromatic nitrogens is 2. The lowest BCUT2D eigenvalue weighted by Gasteiger charge is -2.25. The third-order valence-corrected chi connectivity index (χ3v) is 2.62. The van der Waals surface area contributed by atoms with Crippen LogP contribution in [-0.2, 0) is 0 Å². The molecule has 80 valence electrons. The maximum Gasteiger partial charge on any atom is 0.305 e. The Labute approximate surface area is 86.9 Å². The van der Waals surface area contributed by atoms with Crippen molar-refractivity contribution < 1.29 is 4.92 Å². The molecule has 1 aliphatic rings. The van der Waals surface area contributed by atoms with Crippen LogP contribution in [-0.4, -0.2) is 21.4 Å². The molecule has 1 fully saturated rings. The van der Waals surface area contributed by atoms with Crippen LogP contribution in [0.4, 0.5) is 11.6 Å². The van der Waals surface area contributed by atoms with Gasteiger partial charge in [0, 0.05) is 6.54 Å². The van der Waals surface area contributed by atoms with Crippen LogP contribution in [0.5, 0.6) is 0 Å². The average Bonchev–Trinajstić information content (AvgIpc) is 2.16. The SMILES string of the molecule is O=[N+]([O-])c1cnc(NCC2CCC2)nc1. The summed E-state index contributed by atoms with van der Waals surface area (Å²) in [5, 5.41) is 13.4. The zero-order valence-electron chi connectivity index (χ0n) is 8.22. The van der Waals surface area contributed by atoms with Crippen LogP contribution in [0.2, 0.25) is 0 Å². The fourth-order valence-corrected chi connectivity index (χ4v) is 1.44. The van der Waals surface area contributed by atoms with E-state index in [4.69, 9.17) is 0 Å². The summed E-state index contributed by atoms with van der Waals surface area (Å²) >= 11 is 0. The summed E-state index contributed by atoms with van der Waals surface area (Å²) in [6, 6.07) is 0. The van der Waals surface area contributed by atoms with Crippen molar-refractivity contribution in [3.05, 3.63) is 22.5 Å². The average molecular weight is 208 g/mol. The van der Waals surface area contributed by atoms with Crippen molar-refractivity contribution in [3.8, 4) is 0 Å². The minimum absolute atomic E-state index is 0.0794. The number of nitro groups is 1. The van der Waals surface area contributed by atoms with Gasteiger partial charge in [0.2, 0.25) is 5.95 Å². The first-order valence-electron chi connectivity index (χ1n) is 4.96. The smallest absolute Gasteiger partial charge is 0.305 e. The van der Waals surface area contributed by atoms with E-state index < -0.39 is 4.92 Å². The Morgan fingerprint density at radius 1 is 1.47 bits per heavy atom. The van der Waals surface area contributed by atoms with E-state index in [0.29, 0.717) is 11.9 Å². The van der Waals surface area contributed by atoms with Crippen molar-refractivity contribution in [2.75, 3.05) is 11.9 Å². The molecule has 0 saturated heterocycles. The first-order valence-corrected chi connectivity index (χ1v) is 4.96. The summed E-state index contributed by atoms with van der Waals surface area (Å²) in [5.41, 5.74) is -0.0794. The number of hydrogen-bond donors (Lipinski definition) is 1. The molecule has 0 bridgehead atoms. The highest BCUT2D eigenvalue weighted by molar-refractivity contribution is 5.30. The van der Waals surface area contributed by atoms with Crippen LogP contribution < -0.4 is 5.32 Å². The highest BCUT2D eigenvalue weighted by Gasteiger charge is 2.17. The first-order chi connectivity index (χ1) is 7.25. The van der Waals surface area contributed by atoms with Crippen molar-refractivity contribution >= 4 is 11.6 Å². The highest BCUT2D eigenvalue weighted by atomic mass is 16.6.